The number of hydrogen-bond donors (Lipinski definition) is 3. The predicted molar refractivity (Wildman–Crippen MR) is 191 cm³/mol. The molecule has 2 amide bonds. The summed E-state index contributed by atoms with van der Waals surface area (Å²) in [7, 11) is 0. The summed E-state index contributed by atoms with van der Waals surface area (Å²) in [5, 5.41) is 9.39. The highest BCUT2D eigenvalue weighted by atomic mass is 16.2. The van der Waals surface area contributed by atoms with Crippen molar-refractivity contribution in [1.29, 1.82) is 0 Å². The molecule has 0 bridgehead atoms. The average molecular weight is 656 g/mol. The number of imide groups is 1. The van der Waals surface area contributed by atoms with E-state index in [4.69, 9.17) is 9.97 Å². The van der Waals surface area contributed by atoms with Crippen LogP contribution in [0.4, 0.5) is 29.0 Å². The Morgan fingerprint density at radius 3 is 2.24 bits per heavy atom. The van der Waals surface area contributed by atoms with E-state index < -0.39 is 0 Å². The van der Waals surface area contributed by atoms with Gasteiger partial charge in [-0.3, -0.25) is 24.4 Å². The zero-order valence-electron chi connectivity index (χ0n) is 27.5. The van der Waals surface area contributed by atoms with E-state index in [0.29, 0.717) is 24.8 Å². The van der Waals surface area contributed by atoms with Gasteiger partial charge in [0.25, 0.3) is 0 Å². The smallest absolute Gasteiger partial charge is 0.234 e. The summed E-state index contributed by atoms with van der Waals surface area (Å²) in [5.74, 6) is 0.765. The van der Waals surface area contributed by atoms with Crippen LogP contribution in [0.1, 0.15) is 61.6 Å². The number of imidazole rings is 1. The molecule has 1 saturated carbocycles. The van der Waals surface area contributed by atoms with Crippen LogP contribution < -0.4 is 20.9 Å². The minimum absolute atomic E-state index is 0.178. The van der Waals surface area contributed by atoms with E-state index in [0.717, 1.165) is 79.6 Å². The molecule has 1 unspecified atom stereocenters. The fourth-order valence-corrected chi connectivity index (χ4v) is 7.37. The largest absolute Gasteiger partial charge is 0.369 e. The zero-order chi connectivity index (χ0) is 33.2. The molecule has 1 atom stereocenters. The number of rotatable bonds is 9. The van der Waals surface area contributed by atoms with Gasteiger partial charge in [0.1, 0.15) is 5.52 Å². The predicted octanol–water partition coefficient (Wildman–Crippen LogP) is 6.27. The van der Waals surface area contributed by atoms with Crippen molar-refractivity contribution in [2.75, 3.05) is 41.7 Å². The van der Waals surface area contributed by atoms with Gasteiger partial charge in [0.15, 0.2) is 5.65 Å². The number of amides is 2. The summed E-state index contributed by atoms with van der Waals surface area (Å²) in [6.45, 7) is 4.72. The molecule has 8 rings (SSSR count). The fraction of sp³-hybridized carbons (Fsp3) is 0.342. The lowest BCUT2D eigenvalue weighted by Gasteiger charge is -2.36. The minimum Gasteiger partial charge on any atom is -0.369 e. The van der Waals surface area contributed by atoms with Crippen molar-refractivity contribution < 1.29 is 9.59 Å². The highest BCUT2D eigenvalue weighted by Crippen LogP contribution is 2.36. The molecule has 3 aliphatic rings. The lowest BCUT2D eigenvalue weighted by atomic mass is 9.90. The van der Waals surface area contributed by atoms with Crippen molar-refractivity contribution in [3.63, 3.8) is 0 Å². The number of carbonyl (C=O) groups is 2. The Hall–Kier alpha value is -5.29. The van der Waals surface area contributed by atoms with Crippen molar-refractivity contribution in [2.24, 2.45) is 0 Å². The molecule has 0 spiro atoms. The summed E-state index contributed by atoms with van der Waals surface area (Å²) in [6.07, 6.45) is 7.46. The van der Waals surface area contributed by atoms with Crippen LogP contribution in [-0.4, -0.2) is 62.4 Å². The van der Waals surface area contributed by atoms with Gasteiger partial charge in [-0.15, -0.1) is 0 Å². The molecular formula is C38H41N9O2. The number of piperidine rings is 1. The molecular weight excluding hydrogens is 614 g/mol. The fourth-order valence-electron chi connectivity index (χ4n) is 7.37. The second-order valence-corrected chi connectivity index (χ2v) is 13.3. The molecule has 5 aromatic rings. The lowest BCUT2D eigenvalue weighted by Crippen LogP contribution is -2.45. The summed E-state index contributed by atoms with van der Waals surface area (Å²) in [4.78, 5) is 43.1. The Kier molecular flexibility index (Phi) is 8.65. The number of para-hydroxylation sites is 1. The standard InChI is InChI=1S/C38H41N9O2/c48-34-19-18-32(36(49)43-34)27-12-10-26(11-13-27)25-45-20-22-46(23-21-45)30-16-14-29(15-17-30)40-37-39-24-33-35(44-37)47(31-8-4-5-9-31)38(42-33)41-28-6-2-1-3-7-28/h1-3,6-7,10-17,24,31-32H,4-5,8-9,18-23,25H2,(H,41,42)(H,39,40,44)(H,43,48,49). The molecule has 2 saturated heterocycles. The number of nitrogens with zero attached hydrogens (tertiary/aromatic N) is 6. The highest BCUT2D eigenvalue weighted by molar-refractivity contribution is 6.00. The van der Waals surface area contributed by atoms with Crippen LogP contribution in [0, 0.1) is 0 Å². The number of carbonyl (C=O) groups excluding carboxylic acids is 2. The molecule has 250 valence electrons. The molecule has 3 fully saturated rings. The lowest BCUT2D eigenvalue weighted by molar-refractivity contribution is -0.134. The molecule has 4 heterocycles. The number of hydrogen-bond acceptors (Lipinski definition) is 9. The van der Waals surface area contributed by atoms with Gasteiger partial charge in [-0.1, -0.05) is 55.3 Å². The third kappa shape index (κ3) is 6.84. The van der Waals surface area contributed by atoms with E-state index in [-0.39, 0.29) is 17.7 Å². The van der Waals surface area contributed by atoms with E-state index >= 15 is 0 Å². The first-order valence-electron chi connectivity index (χ1n) is 17.4. The third-order valence-corrected chi connectivity index (χ3v) is 10.0. The van der Waals surface area contributed by atoms with Gasteiger partial charge < -0.3 is 15.5 Å². The molecule has 0 radical (unpaired) electrons. The van der Waals surface area contributed by atoms with Gasteiger partial charge in [0, 0.05) is 62.2 Å². The second kappa shape index (κ2) is 13.7. The van der Waals surface area contributed by atoms with E-state index in [1.807, 2.05) is 48.7 Å². The van der Waals surface area contributed by atoms with Crippen LogP contribution in [-0.2, 0) is 16.1 Å². The zero-order valence-corrected chi connectivity index (χ0v) is 27.5. The van der Waals surface area contributed by atoms with E-state index in [9.17, 15) is 9.59 Å². The van der Waals surface area contributed by atoms with Crippen molar-refractivity contribution in [3.8, 4) is 0 Å². The summed E-state index contributed by atoms with van der Waals surface area (Å²) in [5.41, 5.74) is 6.99. The van der Waals surface area contributed by atoms with Gasteiger partial charge in [-0.25, -0.2) is 9.97 Å². The molecule has 2 aliphatic heterocycles. The van der Waals surface area contributed by atoms with Gasteiger partial charge in [0.05, 0.1) is 12.1 Å². The van der Waals surface area contributed by atoms with Crippen molar-refractivity contribution >= 4 is 51.9 Å². The average Bonchev–Trinajstić information content (AvgIpc) is 3.78. The quantitative estimate of drug-likeness (QED) is 0.158. The van der Waals surface area contributed by atoms with E-state index in [2.05, 4.69) is 71.7 Å². The van der Waals surface area contributed by atoms with Gasteiger partial charge >= 0.3 is 0 Å². The first-order chi connectivity index (χ1) is 24.1. The molecule has 3 aromatic carbocycles. The van der Waals surface area contributed by atoms with Crippen LogP contribution in [0.2, 0.25) is 0 Å². The summed E-state index contributed by atoms with van der Waals surface area (Å²) in [6, 6.07) is 27.3. The normalized spacial score (nSPS) is 18.9. The number of piperazine rings is 1. The first-order valence-corrected chi connectivity index (χ1v) is 17.4. The Labute approximate surface area is 285 Å². The number of anilines is 5. The van der Waals surface area contributed by atoms with Crippen molar-refractivity contribution in [3.05, 3.63) is 96.2 Å². The number of nitrogens with one attached hydrogen (secondary N) is 3. The van der Waals surface area contributed by atoms with Gasteiger partial charge in [-0.05, 0) is 66.8 Å². The van der Waals surface area contributed by atoms with Crippen LogP contribution in [0.25, 0.3) is 11.2 Å². The van der Waals surface area contributed by atoms with Crippen LogP contribution >= 0.6 is 0 Å². The number of benzene rings is 3. The maximum atomic E-state index is 12.2. The van der Waals surface area contributed by atoms with Crippen LogP contribution in [0.3, 0.4) is 0 Å². The molecule has 11 heteroatoms. The van der Waals surface area contributed by atoms with E-state index in [1.165, 1.54) is 24.1 Å². The van der Waals surface area contributed by atoms with Crippen molar-refractivity contribution in [1.82, 2.24) is 29.7 Å². The first kappa shape index (κ1) is 31.0. The SMILES string of the molecule is O=C1CCC(c2ccc(CN3CCN(c4ccc(Nc5ncc6nc(Nc7ccccc7)n(C7CCCC7)c6n5)cc4)CC3)cc2)C(=O)N1. The van der Waals surface area contributed by atoms with Crippen LogP contribution in [0.5, 0.6) is 0 Å². The molecule has 1 aliphatic carbocycles. The van der Waals surface area contributed by atoms with Crippen molar-refractivity contribution in [2.45, 2.75) is 57.0 Å². The second-order valence-electron chi connectivity index (χ2n) is 13.3. The maximum Gasteiger partial charge on any atom is 0.234 e. The summed E-state index contributed by atoms with van der Waals surface area (Å²) >= 11 is 0. The van der Waals surface area contributed by atoms with E-state index in [1.54, 1.807) is 0 Å². The Morgan fingerprint density at radius 2 is 1.51 bits per heavy atom. The molecule has 2 aromatic heterocycles. The summed E-state index contributed by atoms with van der Waals surface area (Å²) < 4.78 is 2.27. The van der Waals surface area contributed by atoms with Crippen LogP contribution in [0.15, 0.2) is 85.1 Å². The molecule has 11 nitrogen and oxygen atoms in total. The Bertz CT molecular complexity index is 1930. The Morgan fingerprint density at radius 1 is 0.776 bits per heavy atom. The van der Waals surface area contributed by atoms with Gasteiger partial charge in [-0.2, -0.15) is 4.98 Å². The maximum absolute atomic E-state index is 12.2. The molecule has 49 heavy (non-hydrogen) atoms. The topological polar surface area (TPSA) is 120 Å². The Balaban J connectivity index is 0.885. The molecule has 3 N–H and O–H groups in total. The highest BCUT2D eigenvalue weighted by Gasteiger charge is 2.28. The monoisotopic (exact) mass is 655 g/mol. The van der Waals surface area contributed by atoms with Gasteiger partial charge in [0.2, 0.25) is 23.7 Å². The number of aromatic nitrogens is 4. The number of fused-ring (bicyclic) bond motifs is 1. The minimum atomic E-state index is -0.240. The third-order valence-electron chi connectivity index (χ3n) is 10.0.